The summed E-state index contributed by atoms with van der Waals surface area (Å²) in [5.41, 5.74) is 1.21. The van der Waals surface area contributed by atoms with Crippen molar-refractivity contribution in [1.29, 1.82) is 0 Å². The molecule has 2 N–H and O–H groups in total. The van der Waals surface area contributed by atoms with Crippen LogP contribution in [0.5, 0.6) is 5.75 Å². The van der Waals surface area contributed by atoms with Gasteiger partial charge in [-0.15, -0.1) is 24.0 Å². The van der Waals surface area contributed by atoms with Crippen LogP contribution in [0.4, 0.5) is 0 Å². The second-order valence-electron chi connectivity index (χ2n) is 6.35. The summed E-state index contributed by atoms with van der Waals surface area (Å²) >= 11 is 0. The minimum absolute atomic E-state index is 0. The van der Waals surface area contributed by atoms with Crippen LogP contribution in [0.3, 0.4) is 0 Å². The highest BCUT2D eigenvalue weighted by Gasteiger charge is 2.11. The maximum atomic E-state index is 5.26. The molecule has 0 aromatic heterocycles. The Bertz CT molecular complexity index is 678. The van der Waals surface area contributed by atoms with Crippen molar-refractivity contribution in [2.24, 2.45) is 4.99 Å². The average Bonchev–Trinajstić information content (AvgIpc) is 2.49. The molecule has 0 aliphatic carbocycles. The van der Waals surface area contributed by atoms with E-state index < -0.39 is 0 Å². The van der Waals surface area contributed by atoms with Crippen LogP contribution in [0.25, 0.3) is 10.8 Å². The number of methoxy groups -OCH3 is 1. The summed E-state index contributed by atoms with van der Waals surface area (Å²) in [6, 6.07) is 12.5. The highest BCUT2D eigenvalue weighted by atomic mass is 127. The molecule has 0 saturated heterocycles. The van der Waals surface area contributed by atoms with E-state index >= 15 is 0 Å². The van der Waals surface area contributed by atoms with E-state index in [1.165, 1.54) is 16.3 Å². The lowest BCUT2D eigenvalue weighted by atomic mass is 10.1. The van der Waals surface area contributed by atoms with Crippen molar-refractivity contribution in [3.63, 3.8) is 0 Å². The van der Waals surface area contributed by atoms with E-state index in [0.717, 1.165) is 18.3 Å². The maximum Gasteiger partial charge on any atom is 0.191 e. The van der Waals surface area contributed by atoms with Crippen molar-refractivity contribution < 1.29 is 4.74 Å². The summed E-state index contributed by atoms with van der Waals surface area (Å²) in [7, 11) is 3.47. The van der Waals surface area contributed by atoms with Crippen molar-refractivity contribution >= 4 is 40.7 Å². The number of halogens is 1. The first-order valence-corrected chi connectivity index (χ1v) is 7.47. The van der Waals surface area contributed by atoms with Gasteiger partial charge < -0.3 is 15.4 Å². The molecule has 5 heteroatoms. The average molecular weight is 427 g/mol. The van der Waals surface area contributed by atoms with Crippen LogP contribution >= 0.6 is 24.0 Å². The molecule has 2 rings (SSSR count). The van der Waals surface area contributed by atoms with Crippen LogP contribution in [0.2, 0.25) is 0 Å². The second kappa shape index (κ2) is 8.38. The molecule has 0 fully saturated rings. The van der Waals surface area contributed by atoms with Gasteiger partial charge >= 0.3 is 0 Å². The van der Waals surface area contributed by atoms with Crippen LogP contribution in [0, 0.1) is 0 Å². The van der Waals surface area contributed by atoms with Gasteiger partial charge in [0.2, 0.25) is 0 Å². The highest BCUT2D eigenvalue weighted by molar-refractivity contribution is 14.0. The molecule has 2 aromatic carbocycles. The van der Waals surface area contributed by atoms with E-state index in [-0.39, 0.29) is 29.5 Å². The number of fused-ring (bicyclic) bond motifs is 1. The third kappa shape index (κ3) is 5.89. The first-order valence-electron chi connectivity index (χ1n) is 7.47. The number of nitrogens with zero attached hydrogens (tertiary/aromatic N) is 1. The molecule has 126 valence electrons. The van der Waals surface area contributed by atoms with Gasteiger partial charge in [0.05, 0.1) is 7.11 Å². The van der Waals surface area contributed by atoms with Gasteiger partial charge in [-0.1, -0.05) is 18.2 Å². The number of hydrogen-bond acceptors (Lipinski definition) is 2. The van der Waals surface area contributed by atoms with Crippen LogP contribution in [-0.2, 0) is 6.54 Å². The molecule has 0 bridgehead atoms. The fourth-order valence-electron chi connectivity index (χ4n) is 2.23. The molecule has 4 nitrogen and oxygen atoms in total. The summed E-state index contributed by atoms with van der Waals surface area (Å²) in [5, 5.41) is 9.08. The molecule has 0 spiro atoms. The number of ether oxygens (including phenoxy) is 1. The molecule has 2 aromatic rings. The van der Waals surface area contributed by atoms with Gasteiger partial charge in [-0.3, -0.25) is 4.99 Å². The summed E-state index contributed by atoms with van der Waals surface area (Å²) in [5.74, 6) is 1.69. The molecule has 23 heavy (non-hydrogen) atoms. The zero-order valence-electron chi connectivity index (χ0n) is 14.4. The SMILES string of the molecule is CN=C(NCc1ccc2cc(OC)ccc2c1)NC(C)(C)C.I. The summed E-state index contributed by atoms with van der Waals surface area (Å²) < 4.78 is 5.26. The van der Waals surface area contributed by atoms with E-state index in [1.807, 2.05) is 12.1 Å². The molecule has 0 radical (unpaired) electrons. The van der Waals surface area contributed by atoms with Crippen molar-refractivity contribution in [3.8, 4) is 5.75 Å². The molecule has 0 saturated carbocycles. The lowest BCUT2D eigenvalue weighted by Crippen LogP contribution is -2.47. The third-order valence-electron chi connectivity index (χ3n) is 3.29. The van der Waals surface area contributed by atoms with E-state index in [2.05, 4.69) is 60.7 Å². The first-order chi connectivity index (χ1) is 10.4. The van der Waals surface area contributed by atoms with Gasteiger partial charge in [-0.2, -0.15) is 0 Å². The standard InChI is InChI=1S/C18H25N3O.HI/c1-18(2,3)21-17(19-4)20-12-13-6-7-15-11-16(22-5)9-8-14(15)10-13;/h6-11H,12H2,1-5H3,(H2,19,20,21);1H. The van der Waals surface area contributed by atoms with Crippen LogP contribution in [0.15, 0.2) is 41.4 Å². The minimum atomic E-state index is -0.0121. The van der Waals surface area contributed by atoms with Crippen LogP contribution in [0.1, 0.15) is 26.3 Å². The van der Waals surface area contributed by atoms with Crippen LogP contribution in [-0.4, -0.2) is 25.7 Å². The Hall–Kier alpha value is -1.50. The largest absolute Gasteiger partial charge is 0.497 e. The third-order valence-corrected chi connectivity index (χ3v) is 3.29. The lowest BCUT2D eigenvalue weighted by molar-refractivity contribution is 0.415. The normalized spacial score (nSPS) is 11.8. The quantitative estimate of drug-likeness (QED) is 0.443. The predicted octanol–water partition coefficient (Wildman–Crippen LogP) is 3.93. The topological polar surface area (TPSA) is 45.7 Å². The Kier molecular flexibility index (Phi) is 7.12. The van der Waals surface area contributed by atoms with Gasteiger partial charge in [-0.25, -0.2) is 0 Å². The Morgan fingerprint density at radius 2 is 1.74 bits per heavy atom. The Balaban J connectivity index is 0.00000264. The number of benzene rings is 2. The number of hydrogen-bond donors (Lipinski definition) is 2. The molecule has 0 aliphatic rings. The number of rotatable bonds is 3. The van der Waals surface area contributed by atoms with Crippen LogP contribution < -0.4 is 15.4 Å². The highest BCUT2D eigenvalue weighted by Crippen LogP contribution is 2.21. The smallest absolute Gasteiger partial charge is 0.191 e. The van der Waals surface area contributed by atoms with Gasteiger partial charge in [0.25, 0.3) is 0 Å². The minimum Gasteiger partial charge on any atom is -0.497 e. The fraction of sp³-hybridized carbons (Fsp3) is 0.389. The molecule has 0 atom stereocenters. The maximum absolute atomic E-state index is 5.26. The second-order valence-corrected chi connectivity index (χ2v) is 6.35. The van der Waals surface area contributed by atoms with Gasteiger partial charge in [0.15, 0.2) is 5.96 Å². The van der Waals surface area contributed by atoms with Crippen molar-refractivity contribution in [2.45, 2.75) is 32.9 Å². The number of guanidine groups is 1. The van der Waals surface area contributed by atoms with Crippen molar-refractivity contribution in [3.05, 3.63) is 42.0 Å². The molecule has 0 aliphatic heterocycles. The molecular weight excluding hydrogens is 401 g/mol. The Labute approximate surface area is 155 Å². The van der Waals surface area contributed by atoms with Crippen molar-refractivity contribution in [1.82, 2.24) is 10.6 Å². The zero-order chi connectivity index (χ0) is 16.2. The zero-order valence-corrected chi connectivity index (χ0v) is 16.8. The number of nitrogens with one attached hydrogen (secondary N) is 2. The molecule has 0 heterocycles. The van der Waals surface area contributed by atoms with E-state index in [9.17, 15) is 0 Å². The van der Waals surface area contributed by atoms with Gasteiger partial charge in [0, 0.05) is 19.1 Å². The van der Waals surface area contributed by atoms with E-state index in [4.69, 9.17) is 4.74 Å². The molecule has 0 unspecified atom stereocenters. The van der Waals surface area contributed by atoms with Gasteiger partial charge in [0.1, 0.15) is 5.75 Å². The summed E-state index contributed by atoms with van der Waals surface area (Å²) in [4.78, 5) is 4.25. The van der Waals surface area contributed by atoms with Crippen molar-refractivity contribution in [2.75, 3.05) is 14.2 Å². The molecule has 0 amide bonds. The molecular formula is C18H26IN3O. The predicted molar refractivity (Wildman–Crippen MR) is 109 cm³/mol. The number of aliphatic imine (C=N–C) groups is 1. The fourth-order valence-corrected chi connectivity index (χ4v) is 2.23. The Morgan fingerprint density at radius 1 is 1.09 bits per heavy atom. The monoisotopic (exact) mass is 427 g/mol. The summed E-state index contributed by atoms with van der Waals surface area (Å²) in [6.45, 7) is 7.08. The van der Waals surface area contributed by atoms with E-state index in [1.54, 1.807) is 14.2 Å². The summed E-state index contributed by atoms with van der Waals surface area (Å²) in [6.07, 6.45) is 0. The van der Waals surface area contributed by atoms with Gasteiger partial charge in [-0.05, 0) is 55.3 Å². The Morgan fingerprint density at radius 3 is 2.35 bits per heavy atom. The van der Waals surface area contributed by atoms with E-state index in [0.29, 0.717) is 0 Å². The first kappa shape index (κ1) is 19.5. The lowest BCUT2D eigenvalue weighted by Gasteiger charge is -2.23.